The van der Waals surface area contributed by atoms with Crippen LogP contribution in [0.25, 0.3) is 11.4 Å². The number of nitrogens with one attached hydrogen (secondary N) is 1. The molecule has 0 aliphatic rings. The van der Waals surface area contributed by atoms with Crippen LogP contribution in [0.1, 0.15) is 10.4 Å². The van der Waals surface area contributed by atoms with Crippen LogP contribution in [0.3, 0.4) is 0 Å². The molecule has 0 saturated heterocycles. The van der Waals surface area contributed by atoms with Gasteiger partial charge in [0.05, 0.1) is 12.2 Å². The van der Waals surface area contributed by atoms with Crippen LogP contribution in [-0.4, -0.2) is 27.2 Å². The molecule has 1 aromatic carbocycles. The second kappa shape index (κ2) is 7.07. The van der Waals surface area contributed by atoms with Gasteiger partial charge in [-0.1, -0.05) is 23.7 Å². The Bertz CT molecular complexity index is 801. The van der Waals surface area contributed by atoms with Gasteiger partial charge in [-0.05, 0) is 36.4 Å². The molecular weight excluding hydrogens is 312 g/mol. The molecule has 0 spiro atoms. The predicted molar refractivity (Wildman–Crippen MR) is 89.2 cm³/mol. The molecule has 116 valence electrons. The lowest BCUT2D eigenvalue weighted by molar-refractivity contribution is 0.0952. The number of hydrogen-bond acceptors (Lipinski definition) is 3. The molecule has 2 aromatic heterocycles. The standard InChI is InChI=1S/C17H15ClN4O/c18-14-5-3-4-13(12-14)17(23)20-9-11-22-10-7-16(21-22)15-6-1-2-8-19-15/h1-8,10,12H,9,11H2,(H,20,23). The van der Waals surface area contributed by atoms with Gasteiger partial charge in [0.1, 0.15) is 5.69 Å². The Morgan fingerprint density at radius 3 is 2.83 bits per heavy atom. The Morgan fingerprint density at radius 1 is 1.13 bits per heavy atom. The molecule has 3 rings (SSSR count). The lowest BCUT2D eigenvalue weighted by Crippen LogP contribution is -2.27. The summed E-state index contributed by atoms with van der Waals surface area (Å²) in [7, 11) is 0. The molecule has 0 unspecified atom stereocenters. The fourth-order valence-corrected chi connectivity index (χ4v) is 2.34. The van der Waals surface area contributed by atoms with Gasteiger partial charge in [0.2, 0.25) is 0 Å². The molecule has 1 amide bonds. The summed E-state index contributed by atoms with van der Waals surface area (Å²) in [6.45, 7) is 1.06. The number of hydrogen-bond donors (Lipinski definition) is 1. The topological polar surface area (TPSA) is 59.8 Å². The molecule has 0 fully saturated rings. The molecule has 5 nitrogen and oxygen atoms in total. The van der Waals surface area contributed by atoms with E-state index < -0.39 is 0 Å². The van der Waals surface area contributed by atoms with E-state index >= 15 is 0 Å². The molecule has 0 atom stereocenters. The maximum atomic E-state index is 12.0. The minimum absolute atomic E-state index is 0.149. The number of amides is 1. The third-order valence-electron chi connectivity index (χ3n) is 3.28. The maximum Gasteiger partial charge on any atom is 0.251 e. The molecule has 1 N–H and O–H groups in total. The van der Waals surface area contributed by atoms with Crippen molar-refractivity contribution in [1.29, 1.82) is 0 Å². The smallest absolute Gasteiger partial charge is 0.251 e. The van der Waals surface area contributed by atoms with Crippen molar-refractivity contribution in [3.63, 3.8) is 0 Å². The summed E-state index contributed by atoms with van der Waals surface area (Å²) in [5.41, 5.74) is 2.19. The van der Waals surface area contributed by atoms with Crippen LogP contribution in [0, 0.1) is 0 Å². The number of benzene rings is 1. The van der Waals surface area contributed by atoms with Gasteiger partial charge in [0.25, 0.3) is 5.91 Å². The van der Waals surface area contributed by atoms with E-state index in [1.54, 1.807) is 35.1 Å². The highest BCUT2D eigenvalue weighted by molar-refractivity contribution is 6.30. The Morgan fingerprint density at radius 2 is 2.04 bits per heavy atom. The van der Waals surface area contributed by atoms with Crippen molar-refractivity contribution in [2.45, 2.75) is 6.54 Å². The fraction of sp³-hybridized carbons (Fsp3) is 0.118. The summed E-state index contributed by atoms with van der Waals surface area (Å²) in [6, 6.07) is 14.5. The second-order valence-corrected chi connectivity index (χ2v) is 5.38. The Balaban J connectivity index is 1.55. The fourth-order valence-electron chi connectivity index (χ4n) is 2.15. The Kier molecular flexibility index (Phi) is 4.68. The van der Waals surface area contributed by atoms with Crippen LogP contribution < -0.4 is 5.32 Å². The number of carbonyl (C=O) groups excluding carboxylic acids is 1. The zero-order valence-electron chi connectivity index (χ0n) is 12.3. The van der Waals surface area contributed by atoms with Crippen LogP contribution in [0.15, 0.2) is 60.9 Å². The zero-order chi connectivity index (χ0) is 16.1. The monoisotopic (exact) mass is 326 g/mol. The zero-order valence-corrected chi connectivity index (χ0v) is 13.1. The van der Waals surface area contributed by atoms with E-state index in [1.807, 2.05) is 30.5 Å². The van der Waals surface area contributed by atoms with Crippen LogP contribution in [0.5, 0.6) is 0 Å². The first-order valence-electron chi connectivity index (χ1n) is 7.21. The molecule has 23 heavy (non-hydrogen) atoms. The summed E-state index contributed by atoms with van der Waals surface area (Å²) in [5.74, 6) is -0.149. The molecule has 0 bridgehead atoms. The van der Waals surface area contributed by atoms with Gasteiger partial charge in [-0.2, -0.15) is 5.10 Å². The number of carbonyl (C=O) groups is 1. The number of rotatable bonds is 5. The Hall–Kier alpha value is -2.66. The first-order chi connectivity index (χ1) is 11.2. The highest BCUT2D eigenvalue weighted by Crippen LogP contribution is 2.13. The number of aromatic nitrogens is 3. The van der Waals surface area contributed by atoms with Gasteiger partial charge >= 0.3 is 0 Å². The number of nitrogens with zero attached hydrogens (tertiary/aromatic N) is 3. The van der Waals surface area contributed by atoms with Gasteiger partial charge in [-0.3, -0.25) is 14.5 Å². The van der Waals surface area contributed by atoms with E-state index in [2.05, 4.69) is 15.4 Å². The second-order valence-electron chi connectivity index (χ2n) is 4.95. The number of pyridine rings is 1. The van der Waals surface area contributed by atoms with Crippen molar-refractivity contribution in [3.05, 3.63) is 71.5 Å². The average Bonchev–Trinajstić information content (AvgIpc) is 3.04. The molecule has 0 radical (unpaired) electrons. The van der Waals surface area contributed by atoms with Gasteiger partial charge in [0, 0.05) is 29.5 Å². The normalized spacial score (nSPS) is 10.5. The Labute approximate surface area is 138 Å². The highest BCUT2D eigenvalue weighted by atomic mass is 35.5. The van der Waals surface area contributed by atoms with Crippen LogP contribution in [-0.2, 0) is 6.54 Å². The van der Waals surface area contributed by atoms with Gasteiger partial charge in [-0.15, -0.1) is 0 Å². The van der Waals surface area contributed by atoms with Crippen molar-refractivity contribution in [3.8, 4) is 11.4 Å². The van der Waals surface area contributed by atoms with E-state index in [-0.39, 0.29) is 5.91 Å². The molecule has 0 aliphatic carbocycles. The molecule has 3 aromatic rings. The molecule has 2 heterocycles. The summed E-state index contributed by atoms with van der Waals surface area (Å²) >= 11 is 5.88. The van der Waals surface area contributed by atoms with Crippen molar-refractivity contribution < 1.29 is 4.79 Å². The third-order valence-corrected chi connectivity index (χ3v) is 3.52. The summed E-state index contributed by atoms with van der Waals surface area (Å²) in [6.07, 6.45) is 3.61. The van der Waals surface area contributed by atoms with Gasteiger partial charge < -0.3 is 5.32 Å². The summed E-state index contributed by atoms with van der Waals surface area (Å²) in [5, 5.41) is 7.84. The number of halogens is 1. The van der Waals surface area contributed by atoms with Crippen molar-refractivity contribution in [2.24, 2.45) is 0 Å². The third kappa shape index (κ3) is 3.96. The average molecular weight is 327 g/mol. The van der Waals surface area contributed by atoms with Crippen molar-refractivity contribution >= 4 is 17.5 Å². The minimum atomic E-state index is -0.149. The minimum Gasteiger partial charge on any atom is -0.350 e. The highest BCUT2D eigenvalue weighted by Gasteiger charge is 2.06. The molecular formula is C17H15ClN4O. The van der Waals surface area contributed by atoms with Crippen molar-refractivity contribution in [1.82, 2.24) is 20.1 Å². The lowest BCUT2D eigenvalue weighted by Gasteiger charge is -2.06. The maximum absolute atomic E-state index is 12.0. The van der Waals surface area contributed by atoms with Crippen LogP contribution in [0.2, 0.25) is 5.02 Å². The first kappa shape index (κ1) is 15.2. The van der Waals surface area contributed by atoms with Gasteiger partial charge in [0.15, 0.2) is 0 Å². The van der Waals surface area contributed by atoms with E-state index in [1.165, 1.54) is 0 Å². The van der Waals surface area contributed by atoms with E-state index in [0.29, 0.717) is 23.7 Å². The SMILES string of the molecule is O=C(NCCn1ccc(-c2ccccn2)n1)c1cccc(Cl)c1. The molecule has 0 aliphatic heterocycles. The van der Waals surface area contributed by atoms with Crippen LogP contribution in [0.4, 0.5) is 0 Å². The molecule has 0 saturated carbocycles. The van der Waals surface area contributed by atoms with E-state index in [4.69, 9.17) is 11.6 Å². The quantitative estimate of drug-likeness (QED) is 0.784. The first-order valence-corrected chi connectivity index (χ1v) is 7.59. The van der Waals surface area contributed by atoms with Crippen molar-refractivity contribution in [2.75, 3.05) is 6.54 Å². The van der Waals surface area contributed by atoms with E-state index in [9.17, 15) is 4.79 Å². The largest absolute Gasteiger partial charge is 0.350 e. The van der Waals surface area contributed by atoms with Crippen LogP contribution >= 0.6 is 11.6 Å². The molecule has 6 heteroatoms. The van der Waals surface area contributed by atoms with E-state index in [0.717, 1.165) is 11.4 Å². The summed E-state index contributed by atoms with van der Waals surface area (Å²) < 4.78 is 1.78. The summed E-state index contributed by atoms with van der Waals surface area (Å²) in [4.78, 5) is 16.3. The predicted octanol–water partition coefficient (Wildman–Crippen LogP) is 3.03. The van der Waals surface area contributed by atoms with Gasteiger partial charge in [-0.25, -0.2) is 0 Å². The lowest BCUT2D eigenvalue weighted by atomic mass is 10.2.